The van der Waals surface area contributed by atoms with Crippen LogP contribution in [-0.4, -0.2) is 38.2 Å². The van der Waals surface area contributed by atoms with Gasteiger partial charge in [-0.2, -0.15) is 0 Å². The van der Waals surface area contributed by atoms with Gasteiger partial charge in [-0.3, -0.25) is 4.90 Å². The van der Waals surface area contributed by atoms with Crippen LogP contribution in [0.1, 0.15) is 17.2 Å². The van der Waals surface area contributed by atoms with Gasteiger partial charge in [0.1, 0.15) is 5.75 Å². The van der Waals surface area contributed by atoms with E-state index in [2.05, 4.69) is 70.9 Å². The van der Waals surface area contributed by atoms with Gasteiger partial charge in [0.2, 0.25) is 0 Å². The van der Waals surface area contributed by atoms with E-state index < -0.39 is 0 Å². The maximum atomic E-state index is 5.47. The molecular formula is C22H24N2O. The van der Waals surface area contributed by atoms with Gasteiger partial charge in [0.05, 0.1) is 13.2 Å². The van der Waals surface area contributed by atoms with Gasteiger partial charge in [0.15, 0.2) is 0 Å². The average Bonchev–Trinajstić information content (AvgIpc) is 2.69. The lowest BCUT2D eigenvalue weighted by Gasteiger charge is -2.35. The molecule has 3 nitrogen and oxygen atoms in total. The molecule has 1 fully saturated rings. The number of ether oxygens (including phenoxy) is 1. The Morgan fingerprint density at radius 2 is 1.60 bits per heavy atom. The molecule has 3 heteroatoms. The molecule has 0 radical (unpaired) electrons. The summed E-state index contributed by atoms with van der Waals surface area (Å²) in [5.74, 6) is 0.915. The van der Waals surface area contributed by atoms with Crippen molar-refractivity contribution in [2.75, 3.05) is 33.3 Å². The molecular weight excluding hydrogens is 308 g/mol. The summed E-state index contributed by atoms with van der Waals surface area (Å²) in [7, 11) is 1.73. The summed E-state index contributed by atoms with van der Waals surface area (Å²) in [6.07, 6.45) is 0. The maximum absolute atomic E-state index is 5.47. The molecule has 0 spiro atoms. The minimum atomic E-state index is 0.252. The molecule has 25 heavy (non-hydrogen) atoms. The molecule has 0 aliphatic carbocycles. The Hall–Kier alpha value is -2.36. The van der Waals surface area contributed by atoms with E-state index in [1.807, 2.05) is 6.07 Å². The molecule has 0 aromatic heterocycles. The first kappa shape index (κ1) is 16.1. The lowest BCUT2D eigenvalue weighted by atomic mass is 9.94. The van der Waals surface area contributed by atoms with Crippen LogP contribution >= 0.6 is 0 Å². The van der Waals surface area contributed by atoms with Crippen molar-refractivity contribution in [1.29, 1.82) is 0 Å². The third-order valence-electron chi connectivity index (χ3n) is 5.02. The van der Waals surface area contributed by atoms with E-state index in [4.69, 9.17) is 4.74 Å². The number of rotatable bonds is 4. The van der Waals surface area contributed by atoms with Crippen molar-refractivity contribution in [2.45, 2.75) is 6.04 Å². The first-order valence-corrected chi connectivity index (χ1v) is 8.92. The van der Waals surface area contributed by atoms with E-state index in [-0.39, 0.29) is 6.04 Å². The number of hydrogen-bond donors (Lipinski definition) is 1. The van der Waals surface area contributed by atoms with Crippen LogP contribution in [0.5, 0.6) is 5.75 Å². The number of piperazine rings is 1. The van der Waals surface area contributed by atoms with Crippen molar-refractivity contribution in [1.82, 2.24) is 10.2 Å². The van der Waals surface area contributed by atoms with Gasteiger partial charge in [-0.05, 0) is 40.1 Å². The number of fused-ring (bicyclic) bond motifs is 1. The second-order valence-electron chi connectivity index (χ2n) is 6.57. The molecule has 1 unspecified atom stereocenters. The van der Waals surface area contributed by atoms with E-state index in [0.29, 0.717) is 0 Å². The summed E-state index contributed by atoms with van der Waals surface area (Å²) in [4.78, 5) is 2.56. The summed E-state index contributed by atoms with van der Waals surface area (Å²) in [6.45, 7) is 4.17. The van der Waals surface area contributed by atoms with Crippen molar-refractivity contribution in [3.05, 3.63) is 77.9 Å². The Kier molecular flexibility index (Phi) is 4.68. The zero-order chi connectivity index (χ0) is 17.1. The number of benzene rings is 3. The number of methoxy groups -OCH3 is 1. The fourth-order valence-corrected chi connectivity index (χ4v) is 3.74. The summed E-state index contributed by atoms with van der Waals surface area (Å²) < 4.78 is 5.47. The highest BCUT2D eigenvalue weighted by atomic mass is 16.5. The van der Waals surface area contributed by atoms with E-state index in [9.17, 15) is 0 Å². The van der Waals surface area contributed by atoms with E-state index >= 15 is 0 Å². The summed E-state index contributed by atoms with van der Waals surface area (Å²) in [6, 6.07) is 24.1. The molecule has 1 heterocycles. The molecule has 128 valence electrons. The fourth-order valence-electron chi connectivity index (χ4n) is 3.74. The van der Waals surface area contributed by atoms with E-state index in [1.165, 1.54) is 21.9 Å². The SMILES string of the molecule is COc1cccc(C(c2ccc3ccccc3c2)N2CCNCC2)c1. The Morgan fingerprint density at radius 3 is 2.40 bits per heavy atom. The molecule has 1 aliphatic heterocycles. The van der Waals surface area contributed by atoms with Gasteiger partial charge >= 0.3 is 0 Å². The zero-order valence-electron chi connectivity index (χ0n) is 14.6. The van der Waals surface area contributed by atoms with Gasteiger partial charge in [-0.15, -0.1) is 0 Å². The summed E-state index contributed by atoms with van der Waals surface area (Å²) in [5.41, 5.74) is 2.63. The molecule has 0 bridgehead atoms. The first-order chi connectivity index (χ1) is 12.3. The van der Waals surface area contributed by atoms with E-state index in [0.717, 1.165) is 31.9 Å². The molecule has 0 amide bonds. The second-order valence-corrected chi connectivity index (χ2v) is 6.57. The maximum Gasteiger partial charge on any atom is 0.119 e. The highest BCUT2D eigenvalue weighted by molar-refractivity contribution is 5.83. The minimum Gasteiger partial charge on any atom is -0.497 e. The van der Waals surface area contributed by atoms with E-state index in [1.54, 1.807) is 7.11 Å². The van der Waals surface area contributed by atoms with Crippen molar-refractivity contribution >= 4 is 10.8 Å². The standard InChI is InChI=1S/C22H24N2O/c1-25-21-8-4-7-19(16-21)22(24-13-11-23-12-14-24)20-10-9-17-5-2-3-6-18(17)15-20/h2-10,15-16,22-23H,11-14H2,1H3. The number of nitrogens with one attached hydrogen (secondary N) is 1. The Labute approximate surface area is 149 Å². The van der Waals surface area contributed by atoms with Crippen LogP contribution in [0.2, 0.25) is 0 Å². The molecule has 1 aliphatic rings. The normalized spacial score (nSPS) is 16.7. The number of nitrogens with zero attached hydrogens (tertiary/aromatic N) is 1. The van der Waals surface area contributed by atoms with Gasteiger partial charge in [-0.25, -0.2) is 0 Å². The van der Waals surface area contributed by atoms with Crippen molar-refractivity contribution < 1.29 is 4.74 Å². The molecule has 3 aromatic rings. The largest absolute Gasteiger partial charge is 0.497 e. The van der Waals surface area contributed by atoms with Crippen LogP contribution in [0.25, 0.3) is 10.8 Å². The minimum absolute atomic E-state index is 0.252. The molecule has 1 saturated heterocycles. The van der Waals surface area contributed by atoms with Gasteiger partial charge in [0.25, 0.3) is 0 Å². The third kappa shape index (κ3) is 3.39. The molecule has 4 rings (SSSR count). The first-order valence-electron chi connectivity index (χ1n) is 8.92. The summed E-state index contributed by atoms with van der Waals surface area (Å²) in [5, 5.41) is 6.04. The van der Waals surface area contributed by atoms with Crippen LogP contribution < -0.4 is 10.1 Å². The second kappa shape index (κ2) is 7.26. The Balaban J connectivity index is 1.80. The topological polar surface area (TPSA) is 24.5 Å². The zero-order valence-corrected chi connectivity index (χ0v) is 14.6. The van der Waals surface area contributed by atoms with Crippen molar-refractivity contribution in [3.63, 3.8) is 0 Å². The predicted octanol–water partition coefficient (Wildman–Crippen LogP) is 3.84. The highest BCUT2D eigenvalue weighted by Crippen LogP contribution is 2.32. The highest BCUT2D eigenvalue weighted by Gasteiger charge is 2.24. The van der Waals surface area contributed by atoms with Crippen molar-refractivity contribution in [3.8, 4) is 5.75 Å². The monoisotopic (exact) mass is 332 g/mol. The Morgan fingerprint density at radius 1 is 0.840 bits per heavy atom. The molecule has 1 N–H and O–H groups in total. The van der Waals surface area contributed by atoms with Crippen LogP contribution in [-0.2, 0) is 0 Å². The Bertz CT molecular complexity index is 855. The van der Waals surface area contributed by atoms with Gasteiger partial charge in [0, 0.05) is 26.2 Å². The molecule has 1 atom stereocenters. The van der Waals surface area contributed by atoms with Crippen LogP contribution in [0.3, 0.4) is 0 Å². The fraction of sp³-hybridized carbons (Fsp3) is 0.273. The molecule has 3 aromatic carbocycles. The van der Waals surface area contributed by atoms with Gasteiger partial charge < -0.3 is 10.1 Å². The van der Waals surface area contributed by atoms with Crippen molar-refractivity contribution in [2.24, 2.45) is 0 Å². The third-order valence-corrected chi connectivity index (χ3v) is 5.02. The molecule has 0 saturated carbocycles. The lowest BCUT2D eigenvalue weighted by Crippen LogP contribution is -2.45. The predicted molar refractivity (Wildman–Crippen MR) is 103 cm³/mol. The number of hydrogen-bond acceptors (Lipinski definition) is 3. The summed E-state index contributed by atoms with van der Waals surface area (Å²) >= 11 is 0. The van der Waals surface area contributed by atoms with Crippen LogP contribution in [0.4, 0.5) is 0 Å². The van der Waals surface area contributed by atoms with Gasteiger partial charge in [-0.1, -0.05) is 48.5 Å². The quantitative estimate of drug-likeness (QED) is 0.785. The van der Waals surface area contributed by atoms with Crippen LogP contribution in [0.15, 0.2) is 66.7 Å². The lowest BCUT2D eigenvalue weighted by molar-refractivity contribution is 0.198. The average molecular weight is 332 g/mol. The van der Waals surface area contributed by atoms with Crippen LogP contribution in [0, 0.1) is 0 Å². The smallest absolute Gasteiger partial charge is 0.119 e.